The van der Waals surface area contributed by atoms with E-state index in [1.165, 1.54) is 0 Å². The van der Waals surface area contributed by atoms with Gasteiger partial charge in [0.2, 0.25) is 0 Å². The second-order valence-corrected chi connectivity index (χ2v) is 3.69. The van der Waals surface area contributed by atoms with Gasteiger partial charge in [-0.05, 0) is 19.8 Å². The van der Waals surface area contributed by atoms with E-state index in [4.69, 9.17) is 15.3 Å². The molecule has 0 aliphatic heterocycles. The molecule has 1 fully saturated rings. The first-order chi connectivity index (χ1) is 6.83. The monoisotopic (exact) mass is 192 g/mol. The molecule has 3 heteroatoms. The van der Waals surface area contributed by atoms with Crippen LogP contribution in [0.4, 0.5) is 0 Å². The van der Waals surface area contributed by atoms with E-state index in [0.29, 0.717) is 13.0 Å². The summed E-state index contributed by atoms with van der Waals surface area (Å²) in [6.07, 6.45) is 3.74. The summed E-state index contributed by atoms with van der Waals surface area (Å²) in [4.78, 5) is 0. The highest BCUT2D eigenvalue weighted by molar-refractivity contribution is 4.98. The smallest absolute Gasteiger partial charge is 0.0670 e. The Morgan fingerprint density at radius 3 is 2.79 bits per heavy atom. The molecule has 0 heterocycles. The normalized spacial score (nSPS) is 27.9. The van der Waals surface area contributed by atoms with Crippen LogP contribution in [0.2, 0.25) is 0 Å². The van der Waals surface area contributed by atoms with Gasteiger partial charge in [-0.15, -0.1) is 0 Å². The van der Waals surface area contributed by atoms with E-state index < -0.39 is 0 Å². The lowest BCUT2D eigenvalue weighted by molar-refractivity contribution is 0.0253. The van der Waals surface area contributed by atoms with E-state index >= 15 is 0 Å². The SMILES string of the molecule is CCOC1CCCC1C(C#N)CC#N. The molecule has 3 unspecified atom stereocenters. The molecule has 0 saturated heterocycles. The second-order valence-electron chi connectivity index (χ2n) is 3.69. The highest BCUT2D eigenvalue weighted by Gasteiger charge is 2.34. The topological polar surface area (TPSA) is 56.8 Å². The number of nitriles is 2. The van der Waals surface area contributed by atoms with Gasteiger partial charge in [-0.25, -0.2) is 0 Å². The van der Waals surface area contributed by atoms with Crippen molar-refractivity contribution in [2.45, 2.75) is 38.7 Å². The minimum Gasteiger partial charge on any atom is -0.378 e. The number of rotatable bonds is 4. The molecule has 1 aliphatic rings. The zero-order valence-corrected chi connectivity index (χ0v) is 8.57. The lowest BCUT2D eigenvalue weighted by Gasteiger charge is -2.22. The van der Waals surface area contributed by atoms with Crippen LogP contribution in [-0.4, -0.2) is 12.7 Å². The molecule has 0 amide bonds. The maximum Gasteiger partial charge on any atom is 0.0670 e. The third-order valence-corrected chi connectivity index (χ3v) is 2.88. The molecule has 0 aromatic carbocycles. The maximum absolute atomic E-state index is 8.95. The van der Waals surface area contributed by atoms with E-state index in [9.17, 15) is 0 Å². The van der Waals surface area contributed by atoms with Gasteiger partial charge in [0, 0.05) is 12.5 Å². The maximum atomic E-state index is 8.95. The van der Waals surface area contributed by atoms with Crippen LogP contribution in [0, 0.1) is 34.5 Å². The Morgan fingerprint density at radius 2 is 2.21 bits per heavy atom. The van der Waals surface area contributed by atoms with Crippen molar-refractivity contribution in [2.75, 3.05) is 6.61 Å². The first kappa shape index (κ1) is 11.0. The average molecular weight is 192 g/mol. The first-order valence-electron chi connectivity index (χ1n) is 5.21. The molecule has 0 spiro atoms. The lowest BCUT2D eigenvalue weighted by atomic mass is 9.88. The van der Waals surface area contributed by atoms with Gasteiger partial charge in [-0.3, -0.25) is 0 Å². The van der Waals surface area contributed by atoms with Gasteiger partial charge < -0.3 is 4.74 Å². The Hall–Kier alpha value is -1.06. The first-order valence-corrected chi connectivity index (χ1v) is 5.21. The molecule has 14 heavy (non-hydrogen) atoms. The predicted molar refractivity (Wildman–Crippen MR) is 52.1 cm³/mol. The zero-order chi connectivity index (χ0) is 10.4. The van der Waals surface area contributed by atoms with E-state index in [1.54, 1.807) is 0 Å². The van der Waals surface area contributed by atoms with Crippen molar-refractivity contribution >= 4 is 0 Å². The van der Waals surface area contributed by atoms with Crippen molar-refractivity contribution in [1.82, 2.24) is 0 Å². The second kappa shape index (κ2) is 5.62. The van der Waals surface area contributed by atoms with Crippen LogP contribution in [0.25, 0.3) is 0 Å². The number of hydrogen-bond donors (Lipinski definition) is 0. The van der Waals surface area contributed by atoms with Crippen LogP contribution in [0.3, 0.4) is 0 Å². The number of hydrogen-bond acceptors (Lipinski definition) is 3. The third kappa shape index (κ3) is 2.47. The summed E-state index contributed by atoms with van der Waals surface area (Å²) in [5, 5.41) is 17.5. The van der Waals surface area contributed by atoms with E-state index in [1.807, 2.05) is 6.92 Å². The molecule has 3 atom stereocenters. The van der Waals surface area contributed by atoms with Crippen LogP contribution in [-0.2, 0) is 4.74 Å². The molecule has 1 aliphatic carbocycles. The minimum absolute atomic E-state index is 0.140. The fourth-order valence-electron chi connectivity index (χ4n) is 2.23. The van der Waals surface area contributed by atoms with Crippen molar-refractivity contribution in [3.63, 3.8) is 0 Å². The van der Waals surface area contributed by atoms with Crippen LogP contribution >= 0.6 is 0 Å². The largest absolute Gasteiger partial charge is 0.378 e. The molecular formula is C11H16N2O. The van der Waals surface area contributed by atoms with Crippen molar-refractivity contribution in [3.05, 3.63) is 0 Å². The predicted octanol–water partition coefficient (Wildman–Crippen LogP) is 2.25. The summed E-state index contributed by atoms with van der Waals surface area (Å²) in [6.45, 7) is 2.67. The number of ether oxygens (including phenoxy) is 1. The van der Waals surface area contributed by atoms with Crippen molar-refractivity contribution < 1.29 is 4.74 Å². The highest BCUT2D eigenvalue weighted by atomic mass is 16.5. The molecular weight excluding hydrogens is 176 g/mol. The van der Waals surface area contributed by atoms with E-state index in [-0.39, 0.29) is 17.9 Å². The quantitative estimate of drug-likeness (QED) is 0.686. The van der Waals surface area contributed by atoms with Crippen molar-refractivity contribution in [3.8, 4) is 12.1 Å². The van der Waals surface area contributed by atoms with E-state index in [2.05, 4.69) is 12.1 Å². The van der Waals surface area contributed by atoms with E-state index in [0.717, 1.165) is 19.3 Å². The lowest BCUT2D eigenvalue weighted by Crippen LogP contribution is -2.24. The van der Waals surface area contributed by atoms with Gasteiger partial charge in [0.15, 0.2) is 0 Å². The summed E-state index contributed by atoms with van der Waals surface area (Å²) in [5.74, 6) is 0.138. The van der Waals surface area contributed by atoms with Gasteiger partial charge in [0.1, 0.15) is 0 Å². The highest BCUT2D eigenvalue weighted by Crippen LogP contribution is 2.35. The standard InChI is InChI=1S/C11H16N2O/c1-2-14-11-5-3-4-10(11)9(8-13)6-7-12/h9-11H,2-6H2,1H3. The molecule has 0 N–H and O–H groups in total. The Bertz CT molecular complexity index is 251. The summed E-state index contributed by atoms with van der Waals surface area (Å²) in [6, 6.07) is 4.31. The van der Waals surface area contributed by atoms with Crippen molar-refractivity contribution in [2.24, 2.45) is 11.8 Å². The molecule has 1 rings (SSSR count). The van der Waals surface area contributed by atoms with Crippen LogP contribution < -0.4 is 0 Å². The Morgan fingerprint density at radius 1 is 1.43 bits per heavy atom. The Balaban J connectivity index is 2.56. The van der Waals surface area contributed by atoms with Gasteiger partial charge in [0.05, 0.1) is 30.6 Å². The number of nitrogens with zero attached hydrogens (tertiary/aromatic N) is 2. The molecule has 0 aromatic rings. The molecule has 0 radical (unpaired) electrons. The van der Waals surface area contributed by atoms with Gasteiger partial charge in [-0.1, -0.05) is 6.42 Å². The molecule has 1 saturated carbocycles. The summed E-state index contributed by atoms with van der Waals surface area (Å²) >= 11 is 0. The van der Waals surface area contributed by atoms with Gasteiger partial charge in [-0.2, -0.15) is 10.5 Å². The molecule has 76 valence electrons. The van der Waals surface area contributed by atoms with Crippen LogP contribution in [0.5, 0.6) is 0 Å². The Kier molecular flexibility index (Phi) is 4.43. The summed E-state index contributed by atoms with van der Waals surface area (Å²) in [7, 11) is 0. The van der Waals surface area contributed by atoms with Crippen LogP contribution in [0.15, 0.2) is 0 Å². The molecule has 0 aromatic heterocycles. The summed E-state index contributed by atoms with van der Waals surface area (Å²) in [5.41, 5.74) is 0. The fourth-order valence-corrected chi connectivity index (χ4v) is 2.23. The summed E-state index contributed by atoms with van der Waals surface area (Å²) < 4.78 is 5.58. The van der Waals surface area contributed by atoms with Gasteiger partial charge in [0.25, 0.3) is 0 Å². The van der Waals surface area contributed by atoms with Crippen LogP contribution in [0.1, 0.15) is 32.6 Å². The average Bonchev–Trinajstić information content (AvgIpc) is 2.63. The van der Waals surface area contributed by atoms with Crippen molar-refractivity contribution in [1.29, 1.82) is 10.5 Å². The van der Waals surface area contributed by atoms with Gasteiger partial charge >= 0.3 is 0 Å². The molecule has 3 nitrogen and oxygen atoms in total. The minimum atomic E-state index is -0.140. The Labute approximate surface area is 85.3 Å². The third-order valence-electron chi connectivity index (χ3n) is 2.88. The zero-order valence-electron chi connectivity index (χ0n) is 8.57. The fraction of sp³-hybridized carbons (Fsp3) is 0.818. The molecule has 0 bridgehead atoms.